The van der Waals surface area contributed by atoms with Crippen LogP contribution in [0.3, 0.4) is 0 Å². The Balaban J connectivity index is 1.78. The molecular weight excluding hydrogens is 366 g/mol. The van der Waals surface area contributed by atoms with Gasteiger partial charge in [0, 0.05) is 40.9 Å². The predicted octanol–water partition coefficient (Wildman–Crippen LogP) is 4.29. The number of nitro benzene ring substituents is 1. The molecule has 0 atom stereocenters. The van der Waals surface area contributed by atoms with Gasteiger partial charge in [-0.2, -0.15) is 0 Å². The van der Waals surface area contributed by atoms with Gasteiger partial charge in [0.2, 0.25) is 5.75 Å². The maximum absolute atomic E-state index is 11.7. The van der Waals surface area contributed by atoms with E-state index in [2.05, 4.69) is 10.3 Å². The molecule has 0 aliphatic heterocycles. The molecule has 1 aromatic heterocycles. The molecule has 0 spiro atoms. The van der Waals surface area contributed by atoms with Crippen molar-refractivity contribution in [1.82, 2.24) is 10.3 Å². The molecule has 2 aromatic carbocycles. The summed E-state index contributed by atoms with van der Waals surface area (Å²) in [6, 6.07) is 15.1. The first-order valence-electron chi connectivity index (χ1n) is 7.93. The molecule has 0 aliphatic rings. The van der Waals surface area contributed by atoms with Crippen LogP contribution >= 0.6 is 11.8 Å². The molecule has 0 saturated carbocycles. The molecule has 7 nitrogen and oxygen atoms in total. The van der Waals surface area contributed by atoms with Gasteiger partial charge in [0.25, 0.3) is 5.91 Å². The first-order valence-corrected chi connectivity index (χ1v) is 8.75. The topological polar surface area (TPSA) is 94.4 Å². The van der Waals surface area contributed by atoms with E-state index in [0.29, 0.717) is 5.75 Å². The normalized spacial score (nSPS) is 10.3. The van der Waals surface area contributed by atoms with Crippen LogP contribution in [0.4, 0.5) is 5.69 Å². The Morgan fingerprint density at radius 2 is 1.74 bits per heavy atom. The number of nitro groups is 1. The van der Waals surface area contributed by atoms with Crippen LogP contribution in [0.2, 0.25) is 0 Å². The Morgan fingerprint density at radius 1 is 1.07 bits per heavy atom. The molecule has 27 heavy (non-hydrogen) atoms. The van der Waals surface area contributed by atoms with E-state index in [4.69, 9.17) is 4.74 Å². The van der Waals surface area contributed by atoms with Crippen molar-refractivity contribution in [1.29, 1.82) is 0 Å². The Hall–Kier alpha value is -3.39. The zero-order chi connectivity index (χ0) is 19.2. The Labute approximate surface area is 159 Å². The lowest BCUT2D eigenvalue weighted by atomic mass is 10.1. The van der Waals surface area contributed by atoms with Crippen LogP contribution in [0.25, 0.3) is 0 Å². The third-order valence-electron chi connectivity index (χ3n) is 3.58. The minimum absolute atomic E-state index is 0.0715. The van der Waals surface area contributed by atoms with Crippen molar-refractivity contribution in [2.75, 3.05) is 7.05 Å². The third-order valence-corrected chi connectivity index (χ3v) is 4.60. The summed E-state index contributed by atoms with van der Waals surface area (Å²) in [7, 11) is 1.46. The molecule has 1 N–H and O–H groups in total. The Morgan fingerprint density at radius 3 is 2.37 bits per heavy atom. The molecule has 0 bridgehead atoms. The van der Waals surface area contributed by atoms with E-state index >= 15 is 0 Å². The second kappa shape index (κ2) is 8.33. The SMILES string of the molecule is CNC(=O)c1ccc(Oc2ccc(Sc3ccncc3)cc2)c([N+](=O)[O-])c1. The highest BCUT2D eigenvalue weighted by atomic mass is 32.2. The minimum atomic E-state index is -0.574. The maximum atomic E-state index is 11.7. The average Bonchev–Trinajstić information content (AvgIpc) is 2.70. The van der Waals surface area contributed by atoms with E-state index in [-0.39, 0.29) is 17.0 Å². The number of carbonyl (C=O) groups excluding carboxylic acids is 1. The molecule has 0 saturated heterocycles. The van der Waals surface area contributed by atoms with Gasteiger partial charge in [0.15, 0.2) is 0 Å². The number of rotatable bonds is 6. The summed E-state index contributed by atoms with van der Waals surface area (Å²) in [4.78, 5) is 28.4. The number of ether oxygens (including phenoxy) is 1. The van der Waals surface area contributed by atoms with Gasteiger partial charge in [-0.1, -0.05) is 11.8 Å². The summed E-state index contributed by atoms with van der Waals surface area (Å²) in [6.45, 7) is 0. The first-order chi connectivity index (χ1) is 13.1. The summed E-state index contributed by atoms with van der Waals surface area (Å²) in [5, 5.41) is 13.8. The van der Waals surface area contributed by atoms with Crippen molar-refractivity contribution in [3.8, 4) is 11.5 Å². The van der Waals surface area contributed by atoms with Gasteiger partial charge >= 0.3 is 5.69 Å². The Bertz CT molecular complexity index is 962. The zero-order valence-corrected chi connectivity index (χ0v) is 15.1. The van der Waals surface area contributed by atoms with Gasteiger partial charge < -0.3 is 10.1 Å². The van der Waals surface area contributed by atoms with E-state index in [9.17, 15) is 14.9 Å². The predicted molar refractivity (Wildman–Crippen MR) is 101 cm³/mol. The second-order valence-corrected chi connectivity index (χ2v) is 6.52. The van der Waals surface area contributed by atoms with Crippen molar-refractivity contribution in [2.45, 2.75) is 9.79 Å². The molecule has 0 unspecified atom stereocenters. The summed E-state index contributed by atoms with van der Waals surface area (Å²) in [6.07, 6.45) is 3.45. The Kier molecular flexibility index (Phi) is 5.68. The summed E-state index contributed by atoms with van der Waals surface area (Å²) >= 11 is 1.57. The molecule has 0 fully saturated rings. The number of hydrogen-bond donors (Lipinski definition) is 1. The number of pyridine rings is 1. The largest absolute Gasteiger partial charge is 0.450 e. The smallest absolute Gasteiger partial charge is 0.312 e. The number of benzene rings is 2. The van der Waals surface area contributed by atoms with E-state index in [1.54, 1.807) is 36.3 Å². The number of nitrogens with one attached hydrogen (secondary N) is 1. The van der Waals surface area contributed by atoms with E-state index in [0.717, 1.165) is 9.79 Å². The number of aromatic nitrogens is 1. The average molecular weight is 381 g/mol. The van der Waals surface area contributed by atoms with Gasteiger partial charge in [0.05, 0.1) is 4.92 Å². The van der Waals surface area contributed by atoms with Crippen molar-refractivity contribution >= 4 is 23.4 Å². The highest BCUT2D eigenvalue weighted by Crippen LogP contribution is 2.34. The number of nitrogens with zero attached hydrogens (tertiary/aromatic N) is 2. The molecule has 8 heteroatoms. The zero-order valence-electron chi connectivity index (χ0n) is 14.3. The van der Waals surface area contributed by atoms with Gasteiger partial charge in [-0.15, -0.1) is 0 Å². The summed E-state index contributed by atoms with van der Waals surface area (Å²) in [5.41, 5.74) is -0.0769. The molecule has 1 amide bonds. The minimum Gasteiger partial charge on any atom is -0.450 e. The van der Waals surface area contributed by atoms with Gasteiger partial charge in [-0.05, 0) is 48.5 Å². The van der Waals surface area contributed by atoms with Gasteiger partial charge in [-0.25, -0.2) is 0 Å². The lowest BCUT2D eigenvalue weighted by Crippen LogP contribution is -2.17. The lowest BCUT2D eigenvalue weighted by Gasteiger charge is -2.08. The lowest BCUT2D eigenvalue weighted by molar-refractivity contribution is -0.385. The second-order valence-electron chi connectivity index (χ2n) is 5.38. The highest BCUT2D eigenvalue weighted by Gasteiger charge is 2.19. The standard InChI is InChI=1S/C19H15N3O4S/c1-20-19(23)13-2-7-18(17(12-13)22(24)25)26-14-3-5-15(6-4-14)27-16-8-10-21-11-9-16/h2-12H,1H3,(H,20,23). The van der Waals surface area contributed by atoms with Crippen LogP contribution in [0.1, 0.15) is 10.4 Å². The van der Waals surface area contributed by atoms with Crippen molar-refractivity contribution < 1.29 is 14.5 Å². The fourth-order valence-corrected chi connectivity index (χ4v) is 3.08. The third kappa shape index (κ3) is 4.62. The molecule has 0 radical (unpaired) electrons. The monoisotopic (exact) mass is 381 g/mol. The molecule has 3 aromatic rings. The molecule has 0 aliphatic carbocycles. The van der Waals surface area contributed by atoms with Crippen molar-refractivity contribution in [3.63, 3.8) is 0 Å². The molecule has 136 valence electrons. The fourth-order valence-electron chi connectivity index (χ4n) is 2.28. The maximum Gasteiger partial charge on any atom is 0.312 e. The fraction of sp³-hybridized carbons (Fsp3) is 0.0526. The van der Waals surface area contributed by atoms with Crippen LogP contribution in [0.5, 0.6) is 11.5 Å². The highest BCUT2D eigenvalue weighted by molar-refractivity contribution is 7.99. The molecule has 1 heterocycles. The van der Waals surface area contributed by atoms with Crippen LogP contribution in [-0.4, -0.2) is 22.9 Å². The number of carbonyl (C=O) groups is 1. The van der Waals surface area contributed by atoms with Crippen molar-refractivity contribution in [3.05, 3.63) is 82.7 Å². The summed E-state index contributed by atoms with van der Waals surface area (Å²) < 4.78 is 5.65. The van der Waals surface area contributed by atoms with Crippen LogP contribution in [-0.2, 0) is 0 Å². The van der Waals surface area contributed by atoms with E-state index in [1.807, 2.05) is 24.3 Å². The van der Waals surface area contributed by atoms with E-state index in [1.165, 1.54) is 25.2 Å². The summed E-state index contributed by atoms with van der Waals surface area (Å²) in [5.74, 6) is 0.134. The van der Waals surface area contributed by atoms with Crippen LogP contribution in [0, 0.1) is 10.1 Å². The first kappa shape index (κ1) is 18.4. The molecule has 3 rings (SSSR count). The number of hydrogen-bond acceptors (Lipinski definition) is 6. The molecular formula is C19H15N3O4S. The van der Waals surface area contributed by atoms with Crippen molar-refractivity contribution in [2.24, 2.45) is 0 Å². The van der Waals surface area contributed by atoms with Gasteiger partial charge in [-0.3, -0.25) is 19.9 Å². The van der Waals surface area contributed by atoms with Crippen LogP contribution < -0.4 is 10.1 Å². The van der Waals surface area contributed by atoms with Gasteiger partial charge in [0.1, 0.15) is 5.75 Å². The van der Waals surface area contributed by atoms with E-state index < -0.39 is 10.8 Å². The van der Waals surface area contributed by atoms with Crippen LogP contribution in [0.15, 0.2) is 76.8 Å². The quantitative estimate of drug-likeness (QED) is 0.505. The number of amides is 1.